The van der Waals surface area contributed by atoms with Crippen LogP contribution in [0.15, 0.2) is 12.3 Å². The van der Waals surface area contributed by atoms with Crippen LogP contribution in [0.2, 0.25) is 5.02 Å². The van der Waals surface area contributed by atoms with E-state index in [0.29, 0.717) is 30.7 Å². The minimum absolute atomic E-state index is 0.385. The maximum Gasteiger partial charge on any atom is 0.232 e. The van der Waals surface area contributed by atoms with Crippen molar-refractivity contribution < 1.29 is 9.47 Å². The van der Waals surface area contributed by atoms with Crippen LogP contribution >= 0.6 is 11.6 Å². The van der Waals surface area contributed by atoms with Crippen molar-refractivity contribution in [1.82, 2.24) is 4.98 Å². The van der Waals surface area contributed by atoms with Gasteiger partial charge in [0.05, 0.1) is 6.61 Å². The summed E-state index contributed by atoms with van der Waals surface area (Å²) in [6.07, 6.45) is 2.45. The Morgan fingerprint density at radius 3 is 2.93 bits per heavy atom. The molecule has 0 atom stereocenters. The van der Waals surface area contributed by atoms with Gasteiger partial charge in [-0.05, 0) is 11.6 Å². The number of nitrogens with zero attached hydrogens (tertiary/aromatic N) is 1. The van der Waals surface area contributed by atoms with Crippen LogP contribution in [0.3, 0.4) is 0 Å². The predicted molar refractivity (Wildman–Crippen MR) is 59.1 cm³/mol. The molecule has 0 saturated carbocycles. The molecule has 1 aromatic heterocycles. The van der Waals surface area contributed by atoms with Crippen molar-refractivity contribution in [1.29, 1.82) is 0 Å². The Balaban J connectivity index is 2.53. The summed E-state index contributed by atoms with van der Waals surface area (Å²) in [6, 6.07) is 1.78. The Morgan fingerprint density at radius 2 is 2.27 bits per heavy atom. The summed E-state index contributed by atoms with van der Waals surface area (Å²) in [6.45, 7) is 1.58. The fourth-order valence-corrected chi connectivity index (χ4v) is 1.34. The van der Waals surface area contributed by atoms with Crippen LogP contribution in [0, 0.1) is 0 Å². The third kappa shape index (κ3) is 3.66. The van der Waals surface area contributed by atoms with Crippen LogP contribution < -0.4 is 10.5 Å². The van der Waals surface area contributed by atoms with Gasteiger partial charge in [-0.3, -0.25) is 0 Å². The van der Waals surface area contributed by atoms with Crippen molar-refractivity contribution in [2.75, 3.05) is 20.3 Å². The molecule has 0 saturated heterocycles. The highest BCUT2D eigenvalue weighted by molar-refractivity contribution is 6.32. The summed E-state index contributed by atoms with van der Waals surface area (Å²) < 4.78 is 10.3. The third-order valence-electron chi connectivity index (χ3n) is 1.89. The molecule has 0 amide bonds. The van der Waals surface area contributed by atoms with Gasteiger partial charge in [0.1, 0.15) is 5.02 Å². The average Bonchev–Trinajstić information content (AvgIpc) is 2.26. The zero-order valence-electron chi connectivity index (χ0n) is 8.70. The minimum Gasteiger partial charge on any atom is -0.477 e. The Kier molecular flexibility index (Phi) is 5.39. The molecule has 0 bridgehead atoms. The van der Waals surface area contributed by atoms with Crippen LogP contribution in [0.1, 0.15) is 12.0 Å². The highest BCUT2D eigenvalue weighted by Gasteiger charge is 2.06. The Hall–Kier alpha value is -0.840. The number of methoxy groups -OCH3 is 1. The van der Waals surface area contributed by atoms with Gasteiger partial charge in [0.2, 0.25) is 5.88 Å². The zero-order valence-corrected chi connectivity index (χ0v) is 9.46. The molecular formula is C10H15ClN2O2. The molecule has 0 aliphatic carbocycles. The lowest BCUT2D eigenvalue weighted by atomic mass is 10.3. The molecule has 1 heterocycles. The highest BCUT2D eigenvalue weighted by Crippen LogP contribution is 2.25. The van der Waals surface area contributed by atoms with E-state index in [-0.39, 0.29) is 0 Å². The Labute approximate surface area is 94.3 Å². The second-order valence-electron chi connectivity index (χ2n) is 2.99. The SMILES string of the molecule is COCCCOc1nccc(CN)c1Cl. The van der Waals surface area contributed by atoms with Gasteiger partial charge in [-0.15, -0.1) is 0 Å². The molecule has 0 aromatic carbocycles. The highest BCUT2D eigenvalue weighted by atomic mass is 35.5. The number of rotatable bonds is 6. The molecule has 0 aliphatic rings. The molecule has 0 spiro atoms. The number of ether oxygens (including phenoxy) is 2. The van der Waals surface area contributed by atoms with Crippen LogP contribution in [0.25, 0.3) is 0 Å². The maximum atomic E-state index is 6.02. The van der Waals surface area contributed by atoms with E-state index in [0.717, 1.165) is 12.0 Å². The molecule has 1 aromatic rings. The van der Waals surface area contributed by atoms with E-state index in [1.807, 2.05) is 0 Å². The lowest BCUT2D eigenvalue weighted by Gasteiger charge is -2.08. The van der Waals surface area contributed by atoms with Gasteiger partial charge in [-0.2, -0.15) is 0 Å². The summed E-state index contributed by atoms with van der Waals surface area (Å²) in [5, 5.41) is 0.498. The standard InChI is InChI=1S/C10H15ClN2O2/c1-14-5-2-6-15-10-9(11)8(7-12)3-4-13-10/h3-4H,2,5-7,12H2,1H3. The van der Waals surface area contributed by atoms with Gasteiger partial charge in [0, 0.05) is 32.9 Å². The fourth-order valence-electron chi connectivity index (χ4n) is 1.09. The first kappa shape index (κ1) is 12.2. The largest absolute Gasteiger partial charge is 0.477 e. The first-order valence-electron chi connectivity index (χ1n) is 4.74. The van der Waals surface area contributed by atoms with Crippen molar-refractivity contribution >= 4 is 11.6 Å². The van der Waals surface area contributed by atoms with E-state index in [4.69, 9.17) is 26.8 Å². The zero-order chi connectivity index (χ0) is 11.1. The van der Waals surface area contributed by atoms with E-state index < -0.39 is 0 Å². The summed E-state index contributed by atoms with van der Waals surface area (Å²) in [5.74, 6) is 0.440. The molecule has 5 heteroatoms. The van der Waals surface area contributed by atoms with E-state index in [2.05, 4.69) is 4.98 Å². The molecule has 0 fully saturated rings. The number of aromatic nitrogens is 1. The third-order valence-corrected chi connectivity index (χ3v) is 2.29. The second kappa shape index (κ2) is 6.61. The molecule has 84 valence electrons. The van der Waals surface area contributed by atoms with Gasteiger partial charge >= 0.3 is 0 Å². The number of halogens is 1. The normalized spacial score (nSPS) is 10.3. The molecule has 0 unspecified atom stereocenters. The van der Waals surface area contributed by atoms with Gasteiger partial charge in [-0.1, -0.05) is 11.6 Å². The van der Waals surface area contributed by atoms with Crippen LogP contribution in [-0.2, 0) is 11.3 Å². The van der Waals surface area contributed by atoms with Crippen LogP contribution in [0.4, 0.5) is 0 Å². The maximum absolute atomic E-state index is 6.02. The summed E-state index contributed by atoms with van der Waals surface area (Å²) >= 11 is 6.02. The monoisotopic (exact) mass is 230 g/mol. The molecule has 0 radical (unpaired) electrons. The molecule has 1 rings (SSSR count). The summed E-state index contributed by atoms with van der Waals surface area (Å²) in [7, 11) is 1.65. The molecule has 0 aliphatic heterocycles. The Morgan fingerprint density at radius 1 is 1.47 bits per heavy atom. The average molecular weight is 231 g/mol. The molecule has 15 heavy (non-hydrogen) atoms. The minimum atomic E-state index is 0.385. The fraction of sp³-hybridized carbons (Fsp3) is 0.500. The summed E-state index contributed by atoms with van der Waals surface area (Å²) in [5.41, 5.74) is 6.35. The van der Waals surface area contributed by atoms with Gasteiger partial charge in [0.25, 0.3) is 0 Å². The Bertz CT molecular complexity index is 307. The van der Waals surface area contributed by atoms with Gasteiger partial charge < -0.3 is 15.2 Å². The van der Waals surface area contributed by atoms with Crippen molar-refractivity contribution in [2.24, 2.45) is 5.73 Å². The number of hydrogen-bond acceptors (Lipinski definition) is 4. The van der Waals surface area contributed by atoms with Crippen LogP contribution in [-0.4, -0.2) is 25.3 Å². The second-order valence-corrected chi connectivity index (χ2v) is 3.37. The first-order valence-corrected chi connectivity index (χ1v) is 5.12. The molecule has 4 nitrogen and oxygen atoms in total. The van der Waals surface area contributed by atoms with Crippen molar-refractivity contribution in [2.45, 2.75) is 13.0 Å². The topological polar surface area (TPSA) is 57.4 Å². The van der Waals surface area contributed by atoms with Crippen LogP contribution in [0.5, 0.6) is 5.88 Å². The summed E-state index contributed by atoms with van der Waals surface area (Å²) in [4.78, 5) is 4.03. The van der Waals surface area contributed by atoms with Crippen molar-refractivity contribution in [3.63, 3.8) is 0 Å². The molecular weight excluding hydrogens is 216 g/mol. The van der Waals surface area contributed by atoms with Gasteiger partial charge in [0.15, 0.2) is 0 Å². The quantitative estimate of drug-likeness (QED) is 0.755. The number of hydrogen-bond donors (Lipinski definition) is 1. The predicted octanol–water partition coefficient (Wildman–Crippen LogP) is 1.61. The van der Waals surface area contributed by atoms with Crippen molar-refractivity contribution in [3.05, 3.63) is 22.8 Å². The lowest BCUT2D eigenvalue weighted by molar-refractivity contribution is 0.170. The number of nitrogens with two attached hydrogens (primary N) is 1. The van der Waals surface area contributed by atoms with E-state index in [1.165, 1.54) is 0 Å². The smallest absolute Gasteiger partial charge is 0.232 e. The first-order chi connectivity index (χ1) is 7.29. The van der Waals surface area contributed by atoms with E-state index >= 15 is 0 Å². The van der Waals surface area contributed by atoms with E-state index in [9.17, 15) is 0 Å². The molecule has 2 N–H and O–H groups in total. The lowest BCUT2D eigenvalue weighted by Crippen LogP contribution is -2.05. The van der Waals surface area contributed by atoms with E-state index in [1.54, 1.807) is 19.4 Å². The van der Waals surface area contributed by atoms with Crippen molar-refractivity contribution in [3.8, 4) is 5.88 Å². The van der Waals surface area contributed by atoms with Gasteiger partial charge in [-0.25, -0.2) is 4.98 Å². The number of pyridine rings is 1.